The number of hydrogen-bond donors (Lipinski definition) is 0. The third kappa shape index (κ3) is 2.63. The van der Waals surface area contributed by atoms with Crippen LogP contribution < -0.4 is 4.90 Å². The topological polar surface area (TPSA) is 38.2 Å². The summed E-state index contributed by atoms with van der Waals surface area (Å²) in [5.74, 6) is 1.61. The first kappa shape index (κ1) is 12.6. The molecule has 1 saturated carbocycles. The fraction of sp³-hybridized carbons (Fsp3) is 0.600. The summed E-state index contributed by atoms with van der Waals surface area (Å²) >= 11 is 0. The summed E-state index contributed by atoms with van der Waals surface area (Å²) in [6.07, 6.45) is 8.33. The van der Waals surface area contributed by atoms with Crippen molar-refractivity contribution in [2.24, 2.45) is 0 Å². The zero-order valence-electron chi connectivity index (χ0n) is 11.5. The van der Waals surface area contributed by atoms with Crippen LogP contribution in [0.25, 0.3) is 6.08 Å². The number of ether oxygens (including phenoxy) is 1. The lowest BCUT2D eigenvalue weighted by molar-refractivity contribution is 0.0853. The van der Waals surface area contributed by atoms with Crippen molar-refractivity contribution in [1.29, 1.82) is 0 Å². The highest BCUT2D eigenvalue weighted by Crippen LogP contribution is 2.39. The zero-order valence-corrected chi connectivity index (χ0v) is 11.5. The molecule has 0 amide bonds. The Bertz CT molecular complexity index is 464. The lowest BCUT2D eigenvalue weighted by Gasteiger charge is -2.32. The SMILES string of the molecule is C=Cc1ncc(C2CC2)nc1N(C)C1CCOCC1. The van der Waals surface area contributed by atoms with Crippen LogP contribution in [0, 0.1) is 0 Å². The van der Waals surface area contributed by atoms with E-state index in [1.54, 1.807) is 6.08 Å². The fourth-order valence-corrected chi connectivity index (χ4v) is 2.63. The minimum absolute atomic E-state index is 0.496. The normalized spacial score (nSPS) is 20.3. The average molecular weight is 259 g/mol. The van der Waals surface area contributed by atoms with E-state index in [1.165, 1.54) is 12.8 Å². The number of hydrogen-bond acceptors (Lipinski definition) is 4. The molecule has 1 aliphatic carbocycles. The molecule has 0 aromatic carbocycles. The molecule has 3 rings (SSSR count). The van der Waals surface area contributed by atoms with Crippen LogP contribution in [-0.2, 0) is 4.74 Å². The van der Waals surface area contributed by atoms with Gasteiger partial charge in [0.05, 0.1) is 5.69 Å². The molecule has 0 N–H and O–H groups in total. The summed E-state index contributed by atoms with van der Waals surface area (Å²) in [6.45, 7) is 5.54. The molecule has 19 heavy (non-hydrogen) atoms. The molecule has 1 aromatic rings. The molecule has 1 saturated heterocycles. The van der Waals surface area contributed by atoms with Crippen LogP contribution in [-0.4, -0.2) is 36.3 Å². The summed E-state index contributed by atoms with van der Waals surface area (Å²) < 4.78 is 5.43. The fourth-order valence-electron chi connectivity index (χ4n) is 2.63. The third-order valence-electron chi connectivity index (χ3n) is 4.06. The van der Waals surface area contributed by atoms with Gasteiger partial charge in [0, 0.05) is 38.4 Å². The van der Waals surface area contributed by atoms with E-state index in [0.29, 0.717) is 12.0 Å². The van der Waals surface area contributed by atoms with Crippen LogP contribution in [0.5, 0.6) is 0 Å². The van der Waals surface area contributed by atoms with Gasteiger partial charge in [-0.15, -0.1) is 0 Å². The molecular weight excluding hydrogens is 238 g/mol. The monoisotopic (exact) mass is 259 g/mol. The molecular formula is C15H21N3O. The van der Waals surface area contributed by atoms with Crippen molar-refractivity contribution in [3.8, 4) is 0 Å². The van der Waals surface area contributed by atoms with Crippen LogP contribution in [0.1, 0.15) is 43.0 Å². The van der Waals surface area contributed by atoms with E-state index in [0.717, 1.165) is 43.3 Å². The summed E-state index contributed by atoms with van der Waals surface area (Å²) in [7, 11) is 2.11. The maximum Gasteiger partial charge on any atom is 0.154 e. The lowest BCUT2D eigenvalue weighted by Crippen LogP contribution is -2.37. The predicted molar refractivity (Wildman–Crippen MR) is 76.3 cm³/mol. The Morgan fingerprint density at radius 1 is 1.32 bits per heavy atom. The molecule has 1 aliphatic heterocycles. The van der Waals surface area contributed by atoms with Gasteiger partial charge < -0.3 is 9.64 Å². The maximum absolute atomic E-state index is 5.43. The van der Waals surface area contributed by atoms with Crippen LogP contribution in [0.2, 0.25) is 0 Å². The van der Waals surface area contributed by atoms with Crippen molar-refractivity contribution in [2.45, 2.75) is 37.6 Å². The van der Waals surface area contributed by atoms with Crippen LogP contribution in [0.4, 0.5) is 5.82 Å². The quantitative estimate of drug-likeness (QED) is 0.833. The van der Waals surface area contributed by atoms with E-state index in [-0.39, 0.29) is 0 Å². The standard InChI is InChI=1S/C15H21N3O/c1-3-13-15(17-14(10-16-13)11-4-5-11)18(2)12-6-8-19-9-7-12/h3,10-12H,1,4-9H2,2H3. The summed E-state index contributed by atoms with van der Waals surface area (Å²) in [5.41, 5.74) is 2.03. The van der Waals surface area contributed by atoms with E-state index in [4.69, 9.17) is 9.72 Å². The van der Waals surface area contributed by atoms with Gasteiger partial charge in [0.2, 0.25) is 0 Å². The van der Waals surface area contributed by atoms with E-state index >= 15 is 0 Å². The minimum Gasteiger partial charge on any atom is -0.381 e. The number of rotatable bonds is 4. The second-order valence-electron chi connectivity index (χ2n) is 5.44. The number of aromatic nitrogens is 2. The van der Waals surface area contributed by atoms with E-state index < -0.39 is 0 Å². The maximum atomic E-state index is 5.43. The molecule has 4 nitrogen and oxygen atoms in total. The first-order valence-corrected chi connectivity index (χ1v) is 7.09. The van der Waals surface area contributed by atoms with Gasteiger partial charge in [-0.05, 0) is 31.8 Å². The second-order valence-corrected chi connectivity index (χ2v) is 5.44. The molecule has 0 spiro atoms. The Balaban J connectivity index is 1.87. The molecule has 4 heteroatoms. The van der Waals surface area contributed by atoms with Crippen molar-refractivity contribution in [3.05, 3.63) is 24.2 Å². The van der Waals surface area contributed by atoms with Crippen molar-refractivity contribution in [3.63, 3.8) is 0 Å². The Morgan fingerprint density at radius 2 is 2.05 bits per heavy atom. The molecule has 0 unspecified atom stereocenters. The Hall–Kier alpha value is -1.42. The Kier molecular flexibility index (Phi) is 3.51. The zero-order chi connectivity index (χ0) is 13.2. The van der Waals surface area contributed by atoms with Gasteiger partial charge in [-0.2, -0.15) is 0 Å². The highest BCUT2D eigenvalue weighted by Gasteiger charge is 2.28. The van der Waals surface area contributed by atoms with Crippen LogP contribution >= 0.6 is 0 Å². The Labute approximate surface area is 114 Å². The van der Waals surface area contributed by atoms with E-state index in [2.05, 4.69) is 23.5 Å². The van der Waals surface area contributed by atoms with Gasteiger partial charge in [-0.25, -0.2) is 4.98 Å². The summed E-state index contributed by atoms with van der Waals surface area (Å²) in [6, 6.07) is 0.496. The average Bonchev–Trinajstić information content (AvgIpc) is 3.31. The van der Waals surface area contributed by atoms with E-state index in [1.807, 2.05) is 6.20 Å². The molecule has 0 radical (unpaired) electrons. The van der Waals surface area contributed by atoms with Gasteiger partial charge in [0.1, 0.15) is 5.69 Å². The van der Waals surface area contributed by atoms with Crippen LogP contribution in [0.3, 0.4) is 0 Å². The largest absolute Gasteiger partial charge is 0.381 e. The van der Waals surface area contributed by atoms with Gasteiger partial charge >= 0.3 is 0 Å². The first-order valence-electron chi connectivity index (χ1n) is 7.09. The van der Waals surface area contributed by atoms with Gasteiger partial charge in [-0.3, -0.25) is 4.98 Å². The van der Waals surface area contributed by atoms with Crippen molar-refractivity contribution in [1.82, 2.24) is 9.97 Å². The van der Waals surface area contributed by atoms with E-state index in [9.17, 15) is 0 Å². The Morgan fingerprint density at radius 3 is 2.68 bits per heavy atom. The number of nitrogens with zero attached hydrogens (tertiary/aromatic N) is 3. The molecule has 102 valence electrons. The minimum atomic E-state index is 0.496. The molecule has 2 fully saturated rings. The lowest BCUT2D eigenvalue weighted by atomic mass is 10.1. The highest BCUT2D eigenvalue weighted by atomic mass is 16.5. The van der Waals surface area contributed by atoms with Crippen molar-refractivity contribution in [2.75, 3.05) is 25.2 Å². The molecule has 0 bridgehead atoms. The van der Waals surface area contributed by atoms with Gasteiger partial charge in [0.15, 0.2) is 5.82 Å². The first-order chi connectivity index (χ1) is 9.29. The number of anilines is 1. The van der Waals surface area contributed by atoms with Crippen molar-refractivity contribution < 1.29 is 4.74 Å². The van der Waals surface area contributed by atoms with Crippen molar-refractivity contribution >= 4 is 11.9 Å². The van der Waals surface area contributed by atoms with Gasteiger partial charge in [0.25, 0.3) is 0 Å². The summed E-state index contributed by atoms with van der Waals surface area (Å²) in [4.78, 5) is 11.6. The third-order valence-corrected chi connectivity index (χ3v) is 4.06. The highest BCUT2D eigenvalue weighted by molar-refractivity contribution is 5.59. The second kappa shape index (κ2) is 5.29. The predicted octanol–water partition coefficient (Wildman–Crippen LogP) is 2.61. The van der Waals surface area contributed by atoms with Crippen LogP contribution in [0.15, 0.2) is 12.8 Å². The molecule has 2 aliphatic rings. The molecule has 1 aromatic heterocycles. The molecule has 2 heterocycles. The smallest absolute Gasteiger partial charge is 0.154 e. The summed E-state index contributed by atoms with van der Waals surface area (Å²) in [5, 5.41) is 0. The van der Waals surface area contributed by atoms with Gasteiger partial charge in [-0.1, -0.05) is 6.58 Å². The molecule has 0 atom stereocenters.